The van der Waals surface area contributed by atoms with Gasteiger partial charge in [0.2, 0.25) is 5.95 Å². The van der Waals surface area contributed by atoms with Crippen LogP contribution in [0.4, 0.5) is 17.5 Å². The molecular formula is C25H31N9O6. The average Bonchev–Trinajstić information content (AvgIpc) is 2.90. The normalized spacial score (nSPS) is 13.4. The lowest BCUT2D eigenvalue weighted by Gasteiger charge is -2.32. The molecule has 0 aliphatic carbocycles. The first-order valence-corrected chi connectivity index (χ1v) is 12.2. The highest BCUT2D eigenvalue weighted by Gasteiger charge is 2.50. The summed E-state index contributed by atoms with van der Waals surface area (Å²) in [5.74, 6) is -5.23. The second-order valence-corrected chi connectivity index (χ2v) is 9.60. The molecule has 0 unspecified atom stereocenters. The largest absolute Gasteiger partial charge is 0.481 e. The van der Waals surface area contributed by atoms with Gasteiger partial charge >= 0.3 is 11.9 Å². The highest BCUT2D eigenvalue weighted by molar-refractivity contribution is 6.14. The number of nitrogens with two attached hydrogens (primary N) is 3. The first-order valence-electron chi connectivity index (χ1n) is 12.2. The molecule has 2 heterocycles. The molecule has 3 aromatic rings. The maximum atomic E-state index is 13.1. The fourth-order valence-electron chi connectivity index (χ4n) is 3.92. The van der Waals surface area contributed by atoms with E-state index in [-0.39, 0.29) is 23.0 Å². The molecule has 2 atom stereocenters. The Bertz CT molecular complexity index is 1450. The van der Waals surface area contributed by atoms with E-state index in [0.717, 1.165) is 0 Å². The monoisotopic (exact) mass is 553 g/mol. The molecule has 9 N–H and O–H groups in total. The van der Waals surface area contributed by atoms with Crippen LogP contribution in [0.2, 0.25) is 0 Å². The summed E-state index contributed by atoms with van der Waals surface area (Å²) in [6.07, 6.45) is 0.183. The summed E-state index contributed by atoms with van der Waals surface area (Å²) in [6, 6.07) is 4.88. The van der Waals surface area contributed by atoms with Crippen LogP contribution in [0.15, 0.2) is 30.5 Å². The zero-order chi connectivity index (χ0) is 29.8. The smallest absolute Gasteiger partial charge is 0.337 e. The van der Waals surface area contributed by atoms with Gasteiger partial charge in [0.25, 0.3) is 5.91 Å². The molecule has 0 spiro atoms. The predicted molar refractivity (Wildman–Crippen MR) is 145 cm³/mol. The lowest BCUT2D eigenvalue weighted by atomic mass is 9.81. The van der Waals surface area contributed by atoms with Gasteiger partial charge in [-0.2, -0.15) is 9.97 Å². The van der Waals surface area contributed by atoms with Gasteiger partial charge < -0.3 is 37.6 Å². The van der Waals surface area contributed by atoms with Crippen molar-refractivity contribution in [2.75, 3.05) is 23.4 Å². The molecule has 0 saturated heterocycles. The van der Waals surface area contributed by atoms with E-state index >= 15 is 0 Å². The minimum atomic E-state index is -2.51. The molecule has 0 aliphatic heterocycles. The van der Waals surface area contributed by atoms with Gasteiger partial charge in [0.1, 0.15) is 0 Å². The van der Waals surface area contributed by atoms with E-state index in [2.05, 4.69) is 25.3 Å². The summed E-state index contributed by atoms with van der Waals surface area (Å²) in [7, 11) is 1.77. The number of amides is 1. The van der Waals surface area contributed by atoms with Crippen molar-refractivity contribution in [1.82, 2.24) is 25.3 Å². The number of nitrogens with zero attached hydrogens (tertiary/aromatic N) is 5. The fourth-order valence-corrected chi connectivity index (χ4v) is 3.92. The Morgan fingerprint density at radius 2 is 1.70 bits per heavy atom. The first-order chi connectivity index (χ1) is 18.7. The number of carboxylic acid groups (broad SMARTS) is 2. The van der Waals surface area contributed by atoms with Gasteiger partial charge in [-0.25, -0.2) is 14.8 Å². The number of nitrogen functional groups attached to an aromatic ring is 2. The van der Waals surface area contributed by atoms with Crippen molar-refractivity contribution in [1.29, 1.82) is 0 Å². The second-order valence-electron chi connectivity index (χ2n) is 9.60. The van der Waals surface area contributed by atoms with Crippen LogP contribution in [-0.2, 0) is 20.9 Å². The number of rotatable bonds is 12. The van der Waals surface area contributed by atoms with Crippen molar-refractivity contribution < 1.29 is 29.4 Å². The number of aromatic nitrogens is 4. The average molecular weight is 554 g/mol. The lowest BCUT2D eigenvalue weighted by Crippen LogP contribution is -2.65. The van der Waals surface area contributed by atoms with Gasteiger partial charge in [-0.3, -0.25) is 14.4 Å². The van der Waals surface area contributed by atoms with Crippen LogP contribution >= 0.6 is 0 Å². The van der Waals surface area contributed by atoms with E-state index in [1.54, 1.807) is 33.0 Å². The highest BCUT2D eigenvalue weighted by atomic mass is 16.4. The van der Waals surface area contributed by atoms with Crippen molar-refractivity contribution in [3.05, 3.63) is 41.7 Å². The molecule has 2 aromatic heterocycles. The Hall–Kier alpha value is -4.92. The predicted octanol–water partition coefficient (Wildman–Crippen LogP) is 0.191. The van der Waals surface area contributed by atoms with Gasteiger partial charge in [-0.1, -0.05) is 13.8 Å². The summed E-state index contributed by atoms with van der Waals surface area (Å²) in [6.45, 7) is 3.54. The molecule has 40 heavy (non-hydrogen) atoms. The first kappa shape index (κ1) is 29.6. The molecule has 3 rings (SSSR count). The number of nitrogens with one attached hydrogen (secondary N) is 1. The number of fused-ring (bicyclic) bond motifs is 1. The molecule has 15 heteroatoms. The number of carboxylic acids is 2. The van der Waals surface area contributed by atoms with Crippen molar-refractivity contribution in [2.24, 2.45) is 11.7 Å². The zero-order valence-corrected chi connectivity index (χ0v) is 22.2. The number of carbonyl (C=O) groups is 4. The summed E-state index contributed by atoms with van der Waals surface area (Å²) in [4.78, 5) is 68.0. The van der Waals surface area contributed by atoms with Crippen LogP contribution < -0.4 is 27.4 Å². The maximum absolute atomic E-state index is 13.1. The Morgan fingerprint density at radius 1 is 1.05 bits per heavy atom. The Morgan fingerprint density at radius 3 is 2.27 bits per heavy atom. The van der Waals surface area contributed by atoms with E-state index in [9.17, 15) is 24.3 Å². The number of Topliss-reactive ketones (excluding diaryl/α,β-unsaturated/α-hetero) is 1. The molecule has 1 amide bonds. The summed E-state index contributed by atoms with van der Waals surface area (Å²) >= 11 is 0. The highest BCUT2D eigenvalue weighted by Crippen LogP contribution is 2.23. The molecule has 0 aliphatic rings. The Kier molecular flexibility index (Phi) is 8.78. The molecule has 0 bridgehead atoms. The van der Waals surface area contributed by atoms with Gasteiger partial charge in [0.15, 0.2) is 28.3 Å². The topological polar surface area (TPSA) is 254 Å². The summed E-state index contributed by atoms with van der Waals surface area (Å²) < 4.78 is 0. The number of anilines is 3. The SMILES string of the molecule is CC(C)[C@H](N)C(=O)[C@@](CCC(=O)O)(NC(=O)c1ccc(N(C)Cc2cnc3nc(N)nc(N)c3n2)cc1)C(=O)O. The minimum Gasteiger partial charge on any atom is -0.481 e. The maximum Gasteiger partial charge on any atom is 0.337 e. The third-order valence-electron chi connectivity index (χ3n) is 6.32. The molecular weight excluding hydrogens is 522 g/mol. The van der Waals surface area contributed by atoms with E-state index in [4.69, 9.17) is 22.3 Å². The number of aliphatic carboxylic acids is 2. The van der Waals surface area contributed by atoms with Gasteiger partial charge in [0.05, 0.1) is 24.5 Å². The van der Waals surface area contributed by atoms with Crippen molar-refractivity contribution in [2.45, 2.75) is 44.8 Å². The van der Waals surface area contributed by atoms with E-state index in [1.807, 2.05) is 4.90 Å². The third kappa shape index (κ3) is 6.37. The minimum absolute atomic E-state index is 0.0112. The van der Waals surface area contributed by atoms with Gasteiger partial charge in [-0.15, -0.1) is 0 Å². The van der Waals surface area contributed by atoms with Crippen LogP contribution in [-0.4, -0.2) is 72.4 Å². The number of carbonyl (C=O) groups excluding carboxylic acids is 2. The van der Waals surface area contributed by atoms with Gasteiger partial charge in [-0.05, 0) is 36.6 Å². The molecule has 0 radical (unpaired) electrons. The third-order valence-corrected chi connectivity index (χ3v) is 6.32. The van der Waals surface area contributed by atoms with E-state index in [1.165, 1.54) is 18.3 Å². The molecule has 0 saturated carbocycles. The summed E-state index contributed by atoms with van der Waals surface area (Å²) in [5, 5.41) is 21.3. The summed E-state index contributed by atoms with van der Waals surface area (Å²) in [5.41, 5.74) is 16.7. The zero-order valence-electron chi connectivity index (χ0n) is 22.2. The number of hydrogen-bond donors (Lipinski definition) is 6. The van der Waals surface area contributed by atoms with Gasteiger partial charge in [0, 0.05) is 24.7 Å². The number of ketones is 1. The lowest BCUT2D eigenvalue weighted by molar-refractivity contribution is -0.151. The number of benzene rings is 1. The quantitative estimate of drug-likeness (QED) is 0.164. The standard InChI is InChI=1S/C25H31N9O6/c1-12(2)17(26)19(37)25(23(39)40,9-8-16(35)36)33-22(38)13-4-6-15(7-5-13)34(3)11-14-10-29-21-18(30-14)20(27)31-24(28)32-21/h4-7,10,12,17H,8-9,11,26H2,1-3H3,(H,33,38)(H,35,36)(H,39,40)(H4,27,28,29,31,32)/t17-,25+/m0/s1. The second kappa shape index (κ2) is 11.9. The van der Waals surface area contributed by atoms with Crippen LogP contribution in [0, 0.1) is 5.92 Å². The molecule has 1 aromatic carbocycles. The van der Waals surface area contributed by atoms with Crippen LogP contribution in [0.5, 0.6) is 0 Å². The Balaban J connectivity index is 1.81. The van der Waals surface area contributed by atoms with Crippen LogP contribution in [0.1, 0.15) is 42.7 Å². The van der Waals surface area contributed by atoms with Crippen molar-refractivity contribution >= 4 is 52.2 Å². The molecule has 0 fully saturated rings. The van der Waals surface area contributed by atoms with Crippen molar-refractivity contribution in [3.63, 3.8) is 0 Å². The van der Waals surface area contributed by atoms with Crippen molar-refractivity contribution in [3.8, 4) is 0 Å². The van der Waals surface area contributed by atoms with E-state index in [0.29, 0.717) is 23.4 Å². The van der Waals surface area contributed by atoms with Crippen LogP contribution in [0.25, 0.3) is 11.2 Å². The number of hydrogen-bond acceptors (Lipinski definition) is 12. The molecule has 212 valence electrons. The molecule has 15 nitrogen and oxygen atoms in total. The van der Waals surface area contributed by atoms with Crippen LogP contribution in [0.3, 0.4) is 0 Å². The fraction of sp³-hybridized carbons (Fsp3) is 0.360. The Labute approximate surface area is 228 Å². The van der Waals surface area contributed by atoms with E-state index < -0.39 is 54.0 Å².